The zero-order valence-electron chi connectivity index (χ0n) is 19.4. The van der Waals surface area contributed by atoms with Gasteiger partial charge in [-0.25, -0.2) is 4.39 Å². The van der Waals surface area contributed by atoms with Crippen LogP contribution in [0.25, 0.3) is 12.2 Å². The predicted octanol–water partition coefficient (Wildman–Crippen LogP) is 4.85. The molecule has 2 heterocycles. The highest BCUT2D eigenvalue weighted by atomic mass is 19.1. The summed E-state index contributed by atoms with van der Waals surface area (Å²) in [6.45, 7) is 3.04. The van der Waals surface area contributed by atoms with Gasteiger partial charge in [-0.3, -0.25) is 0 Å². The lowest BCUT2D eigenvalue weighted by Crippen LogP contribution is -2.49. The molecule has 1 aliphatic rings. The molecule has 5 rings (SSSR count). The third-order valence-corrected chi connectivity index (χ3v) is 6.54. The molecule has 0 saturated carbocycles. The van der Waals surface area contributed by atoms with Crippen molar-refractivity contribution in [2.45, 2.75) is 18.9 Å². The third-order valence-electron chi connectivity index (χ3n) is 6.54. The minimum absolute atomic E-state index is 0.235. The Balaban J connectivity index is 1.56. The van der Waals surface area contributed by atoms with Gasteiger partial charge in [0.15, 0.2) is 5.82 Å². The van der Waals surface area contributed by atoms with Gasteiger partial charge in [0.05, 0.1) is 19.7 Å². The molecule has 1 atom stereocenters. The number of benzene rings is 3. The molecule has 6 nitrogen and oxygen atoms in total. The number of hydrogen-bond donors (Lipinski definition) is 0. The molecule has 172 valence electrons. The van der Waals surface area contributed by atoms with Crippen molar-refractivity contribution in [2.75, 3.05) is 18.6 Å². The Bertz CT molecular complexity index is 1330. The Hall–Kier alpha value is -4.00. The van der Waals surface area contributed by atoms with Gasteiger partial charge in [0.25, 0.3) is 0 Å². The van der Waals surface area contributed by atoms with Crippen molar-refractivity contribution in [3.8, 4) is 5.75 Å². The Morgan fingerprint density at radius 3 is 2.44 bits per heavy atom. The van der Waals surface area contributed by atoms with Crippen LogP contribution >= 0.6 is 0 Å². The molecule has 0 saturated heterocycles. The largest absolute Gasteiger partial charge is 0.497 e. The van der Waals surface area contributed by atoms with Gasteiger partial charge < -0.3 is 9.64 Å². The van der Waals surface area contributed by atoms with Crippen LogP contribution in [0.2, 0.25) is 0 Å². The summed E-state index contributed by atoms with van der Waals surface area (Å²) in [4.78, 5) is 3.79. The van der Waals surface area contributed by atoms with Crippen LogP contribution in [0.5, 0.6) is 5.75 Å². The maximum absolute atomic E-state index is 13.7. The van der Waals surface area contributed by atoms with E-state index >= 15 is 0 Å². The van der Waals surface area contributed by atoms with Crippen molar-refractivity contribution in [1.29, 1.82) is 0 Å². The standard InChI is InChI=1S/C27H26FN5O/c1-27(21-7-4-19(5-8-21)6-15-26-29-31-32(2)30-26)25-14-13-24(34-3)18-20(25)16-17-33(27)23-11-9-22(28)10-12-23/h4-15,18H,16-17H2,1-3H3. The molecular formula is C27H26FN5O. The predicted molar refractivity (Wildman–Crippen MR) is 131 cm³/mol. The lowest BCUT2D eigenvalue weighted by molar-refractivity contribution is 0.411. The zero-order chi connectivity index (χ0) is 23.7. The van der Waals surface area contributed by atoms with Gasteiger partial charge in [0, 0.05) is 12.2 Å². The summed E-state index contributed by atoms with van der Waals surface area (Å²) in [7, 11) is 3.43. The van der Waals surface area contributed by atoms with E-state index in [-0.39, 0.29) is 5.82 Å². The smallest absolute Gasteiger partial charge is 0.197 e. The number of rotatable bonds is 5. The average Bonchev–Trinajstić information content (AvgIpc) is 3.28. The quantitative estimate of drug-likeness (QED) is 0.430. The number of tetrazole rings is 1. The highest BCUT2D eigenvalue weighted by Crippen LogP contribution is 2.44. The van der Waals surface area contributed by atoms with Crippen molar-refractivity contribution in [3.05, 3.63) is 101 Å². The molecule has 0 fully saturated rings. The van der Waals surface area contributed by atoms with E-state index in [0.29, 0.717) is 5.82 Å². The lowest BCUT2D eigenvalue weighted by Gasteiger charge is -2.48. The minimum Gasteiger partial charge on any atom is -0.497 e. The molecule has 0 N–H and O–H groups in total. The van der Waals surface area contributed by atoms with Crippen molar-refractivity contribution in [1.82, 2.24) is 20.2 Å². The van der Waals surface area contributed by atoms with E-state index < -0.39 is 5.54 Å². The van der Waals surface area contributed by atoms with Gasteiger partial charge in [0.2, 0.25) is 0 Å². The lowest BCUT2D eigenvalue weighted by atomic mass is 9.76. The number of nitrogens with zero attached hydrogens (tertiary/aromatic N) is 5. The molecule has 0 bridgehead atoms. The maximum atomic E-state index is 13.7. The van der Waals surface area contributed by atoms with Crippen LogP contribution in [0, 0.1) is 5.82 Å². The number of ether oxygens (including phenoxy) is 1. The number of anilines is 1. The summed E-state index contributed by atoms with van der Waals surface area (Å²) < 4.78 is 19.2. The minimum atomic E-state index is -0.438. The van der Waals surface area contributed by atoms with E-state index in [1.165, 1.54) is 28.1 Å². The van der Waals surface area contributed by atoms with E-state index in [2.05, 4.69) is 63.6 Å². The van der Waals surface area contributed by atoms with Gasteiger partial charge in [-0.05, 0) is 83.3 Å². The number of fused-ring (bicyclic) bond motifs is 1. The normalized spacial score (nSPS) is 17.7. The second-order valence-electron chi connectivity index (χ2n) is 8.57. The number of aryl methyl sites for hydroxylation is 1. The molecular weight excluding hydrogens is 429 g/mol. The Kier molecular flexibility index (Phi) is 5.61. The molecule has 0 radical (unpaired) electrons. The first-order chi connectivity index (χ1) is 16.5. The van der Waals surface area contributed by atoms with E-state index in [1.54, 1.807) is 14.2 Å². The van der Waals surface area contributed by atoms with Crippen LogP contribution in [0.15, 0.2) is 66.7 Å². The monoisotopic (exact) mass is 455 g/mol. The number of halogens is 1. The van der Waals surface area contributed by atoms with Gasteiger partial charge in [-0.15, -0.1) is 10.2 Å². The molecule has 3 aromatic carbocycles. The fourth-order valence-electron chi connectivity index (χ4n) is 4.75. The van der Waals surface area contributed by atoms with Gasteiger partial charge in [-0.1, -0.05) is 36.4 Å². The van der Waals surface area contributed by atoms with Crippen LogP contribution in [-0.4, -0.2) is 33.9 Å². The average molecular weight is 456 g/mol. The fourth-order valence-corrected chi connectivity index (χ4v) is 4.75. The summed E-state index contributed by atoms with van der Waals surface area (Å²) in [5, 5.41) is 12.0. The Morgan fingerprint density at radius 2 is 1.76 bits per heavy atom. The first-order valence-electron chi connectivity index (χ1n) is 11.2. The Morgan fingerprint density at radius 1 is 1.00 bits per heavy atom. The summed E-state index contributed by atoms with van der Waals surface area (Å²) in [6, 6.07) is 21.5. The number of hydrogen-bond acceptors (Lipinski definition) is 5. The molecule has 1 unspecified atom stereocenters. The SMILES string of the molecule is COc1ccc2c(c1)CCN(c1ccc(F)cc1)C2(C)c1ccc(C=Cc2nnn(C)n2)cc1. The topological polar surface area (TPSA) is 56.1 Å². The molecule has 0 aliphatic carbocycles. The van der Waals surface area contributed by atoms with Crippen molar-refractivity contribution in [3.63, 3.8) is 0 Å². The van der Waals surface area contributed by atoms with Crippen molar-refractivity contribution in [2.24, 2.45) is 7.05 Å². The van der Waals surface area contributed by atoms with E-state index in [1.807, 2.05) is 30.4 Å². The Labute approximate surface area is 198 Å². The van der Waals surface area contributed by atoms with Crippen LogP contribution < -0.4 is 9.64 Å². The zero-order valence-corrected chi connectivity index (χ0v) is 19.4. The van der Waals surface area contributed by atoms with Crippen LogP contribution in [0.1, 0.15) is 35.0 Å². The molecule has 34 heavy (non-hydrogen) atoms. The van der Waals surface area contributed by atoms with E-state index in [4.69, 9.17) is 4.74 Å². The highest BCUT2D eigenvalue weighted by molar-refractivity contribution is 5.67. The van der Waals surface area contributed by atoms with Crippen molar-refractivity contribution < 1.29 is 9.13 Å². The molecule has 0 spiro atoms. The van der Waals surface area contributed by atoms with E-state index in [0.717, 1.165) is 35.5 Å². The summed E-state index contributed by atoms with van der Waals surface area (Å²) in [5.41, 5.74) is 5.22. The van der Waals surface area contributed by atoms with Gasteiger partial charge >= 0.3 is 0 Å². The first-order valence-corrected chi connectivity index (χ1v) is 11.2. The van der Waals surface area contributed by atoms with Crippen LogP contribution in [0.4, 0.5) is 10.1 Å². The molecule has 0 amide bonds. The summed E-state index contributed by atoms with van der Waals surface area (Å²) in [6.07, 6.45) is 4.70. The molecule has 4 aromatic rings. The number of aromatic nitrogens is 4. The number of methoxy groups -OCH3 is 1. The molecule has 7 heteroatoms. The second kappa shape index (κ2) is 8.74. The van der Waals surface area contributed by atoms with E-state index in [9.17, 15) is 4.39 Å². The molecule has 1 aromatic heterocycles. The summed E-state index contributed by atoms with van der Waals surface area (Å²) >= 11 is 0. The highest BCUT2D eigenvalue weighted by Gasteiger charge is 2.40. The van der Waals surface area contributed by atoms with Gasteiger partial charge in [-0.2, -0.15) is 4.80 Å². The maximum Gasteiger partial charge on any atom is 0.197 e. The first kappa shape index (κ1) is 21.8. The fraction of sp³-hybridized carbons (Fsp3) is 0.222. The summed E-state index contributed by atoms with van der Waals surface area (Å²) in [5.74, 6) is 1.19. The molecule has 1 aliphatic heterocycles. The third kappa shape index (κ3) is 3.94. The van der Waals surface area contributed by atoms with Gasteiger partial charge in [0.1, 0.15) is 11.6 Å². The van der Waals surface area contributed by atoms with Crippen LogP contribution in [0.3, 0.4) is 0 Å². The second-order valence-corrected chi connectivity index (χ2v) is 8.57. The van der Waals surface area contributed by atoms with Crippen molar-refractivity contribution >= 4 is 17.8 Å². The van der Waals surface area contributed by atoms with Crippen LogP contribution in [-0.2, 0) is 19.0 Å².